The van der Waals surface area contributed by atoms with Crippen LogP contribution in [0.5, 0.6) is 0 Å². The van der Waals surface area contributed by atoms with E-state index in [1.54, 1.807) is 0 Å². The molecule has 0 rings (SSSR count). The Morgan fingerprint density at radius 1 is 1.14 bits per heavy atom. The van der Waals surface area contributed by atoms with Crippen LogP contribution in [-0.4, -0.2) is 44.8 Å². The maximum absolute atomic E-state index is 8.52. The molecule has 44 valence electrons. The Bertz CT molecular complexity index is 94.9. The molecule has 4 N–H and O–H groups in total. The molecule has 0 saturated carbocycles. The van der Waals surface area contributed by atoms with Crippen molar-refractivity contribution in [3.8, 4) is 0 Å². The second kappa shape index (κ2) is 4.90. The number of hydrogen-bond donors (Lipinski definition) is 1. The van der Waals surface area contributed by atoms with E-state index in [4.69, 9.17) is 17.5 Å². The van der Waals surface area contributed by atoms with Gasteiger partial charge < -0.3 is 15.3 Å². The van der Waals surface area contributed by atoms with Crippen LogP contribution >= 0.6 is 0 Å². The van der Waals surface area contributed by atoms with Gasteiger partial charge in [0.05, 0.1) is 0 Å². The molecule has 0 unspecified atom stereocenters. The van der Waals surface area contributed by atoms with E-state index in [1.165, 1.54) is 0 Å². The molecule has 5 nitrogen and oxygen atoms in total. The number of rotatable bonds is 0. The Labute approximate surface area is 61.4 Å². The summed E-state index contributed by atoms with van der Waals surface area (Å²) in [5.41, 5.74) is 0. The zero-order valence-electron chi connectivity index (χ0n) is 3.54. The Hall–Kier alpha value is 0.752. The molecule has 0 aliphatic heterocycles. The van der Waals surface area contributed by atoms with Gasteiger partial charge in [-0.1, -0.05) is 0 Å². The second-order valence-corrected chi connectivity index (χ2v) is 1.22. The van der Waals surface area contributed by atoms with Gasteiger partial charge in [0.25, 0.3) is 0 Å². The first-order valence-corrected chi connectivity index (χ1v) is 2.00. The molecule has 0 saturated heterocycles. The van der Waals surface area contributed by atoms with E-state index in [-0.39, 0.29) is 33.4 Å². The Morgan fingerprint density at radius 2 is 1.14 bits per heavy atom. The fourth-order valence-corrected chi connectivity index (χ4v) is 0. The first-order chi connectivity index (χ1) is 2.00. The smallest absolute Gasteiger partial charge is 0.0311 e. The third-order valence-corrected chi connectivity index (χ3v) is 0. The molecule has 0 spiro atoms. The predicted octanol–water partition coefficient (Wildman–Crippen LogP) is -1.34. The van der Waals surface area contributed by atoms with Crippen molar-refractivity contribution in [2.75, 3.05) is 0 Å². The predicted molar refractivity (Wildman–Crippen MR) is 22.2 cm³/mol. The van der Waals surface area contributed by atoms with Gasteiger partial charge in [0.1, 0.15) is 0 Å². The Kier molecular flexibility index (Phi) is 11.0. The summed E-state index contributed by atoms with van der Waals surface area (Å²) >= 11 is 0. The molecule has 0 atom stereocenters. The van der Waals surface area contributed by atoms with Gasteiger partial charge in [-0.15, -0.1) is 0 Å². The molecule has 0 aromatic carbocycles. The van der Waals surface area contributed by atoms with Crippen molar-refractivity contribution >= 4 is 37.7 Å². The maximum atomic E-state index is 8.52. The van der Waals surface area contributed by atoms with Gasteiger partial charge in [-0.2, -0.15) is 0 Å². The molecule has 0 aromatic heterocycles. The zero-order chi connectivity index (χ0) is 4.50. The quantitative estimate of drug-likeness (QED) is 0.337. The second-order valence-electron chi connectivity index (χ2n) is 0.408. The summed E-state index contributed by atoms with van der Waals surface area (Å²) in [5, 5.41) is 0. The van der Waals surface area contributed by atoms with Crippen LogP contribution in [0.3, 0.4) is 0 Å². The molecule has 7 heteroatoms. The van der Waals surface area contributed by atoms with Crippen molar-refractivity contribution in [2.24, 2.45) is 0 Å². The Balaban J connectivity index is -0.0000000800. The molecule has 0 aromatic rings. The standard InChI is InChI=1S/H3N.H2O4S.Pb/c;1-5(2,3)4;/h1H3;(H2,1,2,3,4);/p-1. The van der Waals surface area contributed by atoms with E-state index in [9.17, 15) is 0 Å². The fraction of sp³-hybridized carbons (Fsp3) is 0. The minimum absolute atomic E-state index is 0. The van der Waals surface area contributed by atoms with E-state index < -0.39 is 10.4 Å². The summed E-state index contributed by atoms with van der Waals surface area (Å²) in [5.74, 6) is 0. The third-order valence-electron chi connectivity index (χ3n) is 0. The topological polar surface area (TPSA) is 117 Å². The normalized spacial score (nSPS) is 8.29. The van der Waals surface area contributed by atoms with Gasteiger partial charge in [0, 0.05) is 37.7 Å². The molecule has 0 aliphatic carbocycles. The van der Waals surface area contributed by atoms with E-state index in [0.717, 1.165) is 0 Å². The third kappa shape index (κ3) is 270. The molecule has 0 fully saturated rings. The summed E-state index contributed by atoms with van der Waals surface area (Å²) in [4.78, 5) is 0. The van der Waals surface area contributed by atoms with Crippen LogP contribution in [0.4, 0.5) is 0 Å². The van der Waals surface area contributed by atoms with E-state index in [1.807, 2.05) is 0 Å². The van der Waals surface area contributed by atoms with Crippen molar-refractivity contribution in [1.82, 2.24) is 6.15 Å². The van der Waals surface area contributed by atoms with Crippen LogP contribution in [0.15, 0.2) is 0 Å². The van der Waals surface area contributed by atoms with Crippen LogP contribution in [0.25, 0.3) is 0 Å². The van der Waals surface area contributed by atoms with Crippen LogP contribution in [0, 0.1) is 0 Å². The monoisotopic (exact) mass is 322 g/mol. The summed E-state index contributed by atoms with van der Waals surface area (Å²) in [6.45, 7) is 0. The van der Waals surface area contributed by atoms with Crippen molar-refractivity contribution < 1.29 is 17.5 Å². The summed E-state index contributed by atoms with van der Waals surface area (Å²) in [6.07, 6.45) is 0. The molecule has 0 aliphatic rings. The summed E-state index contributed by atoms with van der Waals surface area (Å²) in [6, 6.07) is 0. The number of quaternary nitrogens is 1. The van der Waals surface area contributed by atoms with Crippen LogP contribution in [0.1, 0.15) is 0 Å². The average Bonchev–Trinajstić information content (AvgIpc) is 0.722. The number of hydrogen-bond acceptors (Lipinski definition) is 4. The fourth-order valence-electron chi connectivity index (χ4n) is 0. The van der Waals surface area contributed by atoms with Crippen molar-refractivity contribution in [1.29, 1.82) is 0 Å². The molecule has 0 amide bonds. The van der Waals surface area contributed by atoms with E-state index in [2.05, 4.69) is 0 Å². The van der Waals surface area contributed by atoms with Gasteiger partial charge in [0.15, 0.2) is 0 Å². The van der Waals surface area contributed by atoms with Crippen LogP contribution < -0.4 is 6.15 Å². The SMILES string of the molecule is O=S(=O)([O-])[O-].[NH4+].[Pb]. The van der Waals surface area contributed by atoms with E-state index in [0.29, 0.717) is 0 Å². The van der Waals surface area contributed by atoms with Gasteiger partial charge in [-0.3, -0.25) is 8.42 Å². The molecular formula is H4NO4PbS-. The van der Waals surface area contributed by atoms with Crippen LogP contribution in [-0.2, 0) is 10.4 Å². The maximum Gasteiger partial charge on any atom is 0.0311 e. The van der Waals surface area contributed by atoms with Gasteiger partial charge in [-0.25, -0.2) is 0 Å². The molecular weight excluding hydrogens is 317 g/mol. The summed E-state index contributed by atoms with van der Waals surface area (Å²) in [7, 11) is -5.17. The first-order valence-electron chi connectivity index (χ1n) is 0.667. The van der Waals surface area contributed by atoms with Crippen LogP contribution in [0.2, 0.25) is 0 Å². The van der Waals surface area contributed by atoms with Gasteiger partial charge in [-0.05, 0) is 0 Å². The minimum Gasteiger partial charge on any atom is -0.759 e. The minimum atomic E-state index is -5.17. The largest absolute Gasteiger partial charge is 0.759 e. The van der Waals surface area contributed by atoms with Gasteiger partial charge >= 0.3 is 0 Å². The Morgan fingerprint density at radius 3 is 1.14 bits per heavy atom. The van der Waals surface area contributed by atoms with Gasteiger partial charge in [0.2, 0.25) is 0 Å². The average molecular weight is 321 g/mol. The van der Waals surface area contributed by atoms with Crippen molar-refractivity contribution in [3.05, 3.63) is 0 Å². The molecule has 0 bridgehead atoms. The summed E-state index contributed by atoms with van der Waals surface area (Å²) < 4.78 is 34.1. The first kappa shape index (κ1) is 15.7. The van der Waals surface area contributed by atoms with E-state index >= 15 is 0 Å². The van der Waals surface area contributed by atoms with Crippen molar-refractivity contribution in [2.45, 2.75) is 0 Å². The molecule has 4 radical (unpaired) electrons. The van der Waals surface area contributed by atoms with Crippen molar-refractivity contribution in [3.63, 3.8) is 0 Å². The molecule has 0 heterocycles. The zero-order valence-corrected chi connectivity index (χ0v) is 8.25. The molecule has 7 heavy (non-hydrogen) atoms.